The van der Waals surface area contributed by atoms with Crippen LogP contribution < -0.4 is 9.64 Å². The Balaban J connectivity index is 1.83. The number of aromatic nitrogens is 2. The maximum absolute atomic E-state index is 9.73. The smallest absolute Gasteiger partial charge is 0.225 e. The molecular formula is C16H19N3O2. The summed E-state index contributed by atoms with van der Waals surface area (Å²) in [6.45, 7) is 1.50. The molecule has 5 nitrogen and oxygen atoms in total. The summed E-state index contributed by atoms with van der Waals surface area (Å²) in [7, 11) is 1.66. The third kappa shape index (κ3) is 2.97. The van der Waals surface area contributed by atoms with E-state index in [-0.39, 0.29) is 6.10 Å². The molecule has 0 aliphatic carbocycles. The molecule has 1 aliphatic heterocycles. The monoisotopic (exact) mass is 285 g/mol. The van der Waals surface area contributed by atoms with Crippen molar-refractivity contribution in [2.24, 2.45) is 0 Å². The second kappa shape index (κ2) is 6.10. The number of benzene rings is 1. The number of piperidine rings is 1. The van der Waals surface area contributed by atoms with Gasteiger partial charge in [-0.05, 0) is 18.9 Å². The van der Waals surface area contributed by atoms with Crippen LogP contribution in [0.5, 0.6) is 5.75 Å². The van der Waals surface area contributed by atoms with Gasteiger partial charge in [0, 0.05) is 36.6 Å². The first-order chi connectivity index (χ1) is 10.3. The molecule has 0 amide bonds. The van der Waals surface area contributed by atoms with E-state index in [1.807, 2.05) is 29.2 Å². The van der Waals surface area contributed by atoms with E-state index in [1.165, 1.54) is 0 Å². The Hall–Kier alpha value is -2.14. The molecule has 110 valence electrons. The number of β-amino-alcohol motifs (C(OH)–C–C–N with tert-alkyl or cyclic N) is 1. The van der Waals surface area contributed by atoms with E-state index in [2.05, 4.69) is 9.97 Å². The number of nitrogens with zero attached hydrogens (tertiary/aromatic N) is 3. The highest BCUT2D eigenvalue weighted by molar-refractivity contribution is 5.69. The zero-order chi connectivity index (χ0) is 14.7. The highest BCUT2D eigenvalue weighted by Crippen LogP contribution is 2.29. The lowest BCUT2D eigenvalue weighted by Crippen LogP contribution is -2.39. The van der Waals surface area contributed by atoms with Crippen molar-refractivity contribution in [2.75, 3.05) is 25.1 Å². The molecule has 0 saturated carbocycles. The molecule has 1 aromatic carbocycles. The SMILES string of the molecule is COc1ccccc1-c1cnc(N2CCCC(O)C2)nc1. The standard InChI is InChI=1S/C16H19N3O2/c1-21-15-7-3-2-6-14(15)12-9-17-16(18-10-12)19-8-4-5-13(20)11-19/h2-3,6-7,9-10,13,20H,4-5,8,11H2,1H3. The predicted octanol–water partition coefficient (Wildman–Crippen LogP) is 2.11. The fourth-order valence-electron chi connectivity index (χ4n) is 2.64. The average Bonchev–Trinajstić information content (AvgIpc) is 2.55. The molecule has 1 unspecified atom stereocenters. The predicted molar refractivity (Wildman–Crippen MR) is 81.5 cm³/mol. The number of hydrogen-bond donors (Lipinski definition) is 1. The largest absolute Gasteiger partial charge is 0.496 e. The van der Waals surface area contributed by atoms with E-state index in [0.29, 0.717) is 12.5 Å². The summed E-state index contributed by atoms with van der Waals surface area (Å²) in [5, 5.41) is 9.73. The highest BCUT2D eigenvalue weighted by Gasteiger charge is 2.19. The molecule has 1 fully saturated rings. The van der Waals surface area contributed by atoms with Crippen molar-refractivity contribution in [3.63, 3.8) is 0 Å². The normalized spacial score (nSPS) is 18.6. The van der Waals surface area contributed by atoms with Gasteiger partial charge in [0.05, 0.1) is 13.2 Å². The number of aliphatic hydroxyl groups is 1. The molecule has 0 spiro atoms. The van der Waals surface area contributed by atoms with Crippen LogP contribution in [0.25, 0.3) is 11.1 Å². The highest BCUT2D eigenvalue weighted by atomic mass is 16.5. The number of para-hydroxylation sites is 1. The fraction of sp³-hybridized carbons (Fsp3) is 0.375. The summed E-state index contributed by atoms with van der Waals surface area (Å²) in [6, 6.07) is 7.81. The van der Waals surface area contributed by atoms with E-state index in [9.17, 15) is 5.11 Å². The third-order valence-electron chi connectivity index (χ3n) is 3.74. The van der Waals surface area contributed by atoms with E-state index >= 15 is 0 Å². The summed E-state index contributed by atoms with van der Waals surface area (Å²) in [5.74, 6) is 1.48. The Labute approximate surface area is 124 Å². The molecule has 1 aromatic heterocycles. The topological polar surface area (TPSA) is 58.5 Å². The van der Waals surface area contributed by atoms with Crippen LogP contribution in [-0.4, -0.2) is 41.4 Å². The van der Waals surface area contributed by atoms with Crippen molar-refractivity contribution in [1.82, 2.24) is 9.97 Å². The van der Waals surface area contributed by atoms with Crippen molar-refractivity contribution in [3.8, 4) is 16.9 Å². The van der Waals surface area contributed by atoms with Crippen LogP contribution in [0.1, 0.15) is 12.8 Å². The molecule has 1 aliphatic rings. The molecule has 0 bridgehead atoms. The first kappa shape index (κ1) is 13.8. The van der Waals surface area contributed by atoms with Crippen LogP contribution in [0.2, 0.25) is 0 Å². The lowest BCUT2D eigenvalue weighted by molar-refractivity contribution is 0.153. The zero-order valence-corrected chi connectivity index (χ0v) is 12.1. The molecule has 1 atom stereocenters. The minimum absolute atomic E-state index is 0.281. The zero-order valence-electron chi connectivity index (χ0n) is 12.1. The van der Waals surface area contributed by atoms with E-state index in [1.54, 1.807) is 19.5 Å². The quantitative estimate of drug-likeness (QED) is 0.936. The first-order valence-corrected chi connectivity index (χ1v) is 7.16. The van der Waals surface area contributed by atoms with Gasteiger partial charge in [-0.2, -0.15) is 0 Å². The van der Waals surface area contributed by atoms with Gasteiger partial charge in [0.1, 0.15) is 5.75 Å². The van der Waals surface area contributed by atoms with Crippen LogP contribution in [0, 0.1) is 0 Å². The second-order valence-electron chi connectivity index (χ2n) is 5.21. The van der Waals surface area contributed by atoms with Gasteiger partial charge in [0.25, 0.3) is 0 Å². The lowest BCUT2D eigenvalue weighted by Gasteiger charge is -2.29. The lowest BCUT2D eigenvalue weighted by atomic mass is 10.1. The molecule has 21 heavy (non-hydrogen) atoms. The summed E-state index contributed by atoms with van der Waals surface area (Å²) in [6.07, 6.45) is 5.16. The Kier molecular flexibility index (Phi) is 4.01. The Morgan fingerprint density at radius 2 is 2.00 bits per heavy atom. The van der Waals surface area contributed by atoms with E-state index in [0.717, 1.165) is 36.3 Å². The number of aliphatic hydroxyl groups excluding tert-OH is 1. The summed E-state index contributed by atoms with van der Waals surface area (Å²) >= 11 is 0. The van der Waals surface area contributed by atoms with Crippen LogP contribution >= 0.6 is 0 Å². The third-order valence-corrected chi connectivity index (χ3v) is 3.74. The Morgan fingerprint density at radius 1 is 1.24 bits per heavy atom. The Morgan fingerprint density at radius 3 is 2.71 bits per heavy atom. The summed E-state index contributed by atoms with van der Waals surface area (Å²) in [4.78, 5) is 10.9. The van der Waals surface area contributed by atoms with Crippen molar-refractivity contribution in [1.29, 1.82) is 0 Å². The van der Waals surface area contributed by atoms with Crippen molar-refractivity contribution in [3.05, 3.63) is 36.7 Å². The van der Waals surface area contributed by atoms with Crippen molar-refractivity contribution >= 4 is 5.95 Å². The van der Waals surface area contributed by atoms with Crippen LogP contribution in [0.15, 0.2) is 36.7 Å². The maximum atomic E-state index is 9.73. The number of rotatable bonds is 3. The fourth-order valence-corrected chi connectivity index (χ4v) is 2.64. The number of anilines is 1. The minimum Gasteiger partial charge on any atom is -0.496 e. The van der Waals surface area contributed by atoms with Crippen LogP contribution in [0.3, 0.4) is 0 Å². The van der Waals surface area contributed by atoms with Crippen molar-refractivity contribution < 1.29 is 9.84 Å². The average molecular weight is 285 g/mol. The van der Waals surface area contributed by atoms with Gasteiger partial charge < -0.3 is 14.7 Å². The van der Waals surface area contributed by atoms with E-state index in [4.69, 9.17) is 4.74 Å². The molecule has 1 saturated heterocycles. The van der Waals surface area contributed by atoms with Gasteiger partial charge in [0.2, 0.25) is 5.95 Å². The molecule has 1 N–H and O–H groups in total. The van der Waals surface area contributed by atoms with Gasteiger partial charge in [-0.25, -0.2) is 9.97 Å². The van der Waals surface area contributed by atoms with E-state index < -0.39 is 0 Å². The molecule has 5 heteroatoms. The summed E-state index contributed by atoms with van der Waals surface area (Å²) < 4.78 is 5.36. The van der Waals surface area contributed by atoms with Gasteiger partial charge in [-0.15, -0.1) is 0 Å². The molecular weight excluding hydrogens is 266 g/mol. The van der Waals surface area contributed by atoms with Crippen LogP contribution in [0.4, 0.5) is 5.95 Å². The first-order valence-electron chi connectivity index (χ1n) is 7.16. The Bertz CT molecular complexity index is 601. The molecule has 0 radical (unpaired) electrons. The molecule has 2 aromatic rings. The van der Waals surface area contributed by atoms with Crippen molar-refractivity contribution in [2.45, 2.75) is 18.9 Å². The molecule has 3 rings (SSSR count). The van der Waals surface area contributed by atoms with Gasteiger partial charge in [-0.1, -0.05) is 18.2 Å². The number of methoxy groups -OCH3 is 1. The number of ether oxygens (including phenoxy) is 1. The second-order valence-corrected chi connectivity index (χ2v) is 5.21. The van der Waals surface area contributed by atoms with Gasteiger partial charge in [-0.3, -0.25) is 0 Å². The van der Waals surface area contributed by atoms with Crippen LogP contribution in [-0.2, 0) is 0 Å². The van der Waals surface area contributed by atoms with Gasteiger partial charge >= 0.3 is 0 Å². The summed E-state index contributed by atoms with van der Waals surface area (Å²) in [5.41, 5.74) is 1.90. The number of hydrogen-bond acceptors (Lipinski definition) is 5. The minimum atomic E-state index is -0.281. The maximum Gasteiger partial charge on any atom is 0.225 e. The van der Waals surface area contributed by atoms with Gasteiger partial charge in [0.15, 0.2) is 0 Å². The molecule has 2 heterocycles.